The molecule has 0 aliphatic heterocycles. The third-order valence-electron chi connectivity index (χ3n) is 2.77. The minimum Gasteiger partial charge on any atom is -0.370 e. The molecule has 4 nitrogen and oxygen atoms in total. The molecule has 0 aromatic carbocycles. The summed E-state index contributed by atoms with van der Waals surface area (Å²) in [5.41, 5.74) is 1.16. The number of imidazole rings is 1. The maximum absolute atomic E-state index is 4.57. The zero-order valence-electron chi connectivity index (χ0n) is 10.8. The summed E-state index contributed by atoms with van der Waals surface area (Å²) in [7, 11) is 0. The van der Waals surface area contributed by atoms with Crippen LogP contribution in [0.1, 0.15) is 25.5 Å². The smallest absolute Gasteiger partial charge is 0.126 e. The minimum atomic E-state index is 0.931. The third kappa shape index (κ3) is 3.87. The molecule has 0 amide bonds. The van der Waals surface area contributed by atoms with Gasteiger partial charge in [-0.15, -0.1) is 0 Å². The maximum atomic E-state index is 4.57. The van der Waals surface area contributed by atoms with E-state index in [1.807, 2.05) is 24.8 Å². The van der Waals surface area contributed by atoms with Crippen LogP contribution in [0, 0.1) is 0 Å². The van der Waals surface area contributed by atoms with Gasteiger partial charge in [-0.25, -0.2) is 9.97 Å². The van der Waals surface area contributed by atoms with Crippen LogP contribution in [0.4, 0.5) is 5.82 Å². The zero-order valence-corrected chi connectivity index (χ0v) is 10.8. The van der Waals surface area contributed by atoms with Gasteiger partial charge in [0.2, 0.25) is 0 Å². The summed E-state index contributed by atoms with van der Waals surface area (Å²) in [5.74, 6) is 0.978. The Bertz CT molecular complexity index is 451. The van der Waals surface area contributed by atoms with E-state index in [1.54, 1.807) is 0 Å². The Morgan fingerprint density at radius 3 is 3.06 bits per heavy atom. The molecule has 4 heteroatoms. The quantitative estimate of drug-likeness (QED) is 0.761. The fourth-order valence-electron chi connectivity index (χ4n) is 1.87. The van der Waals surface area contributed by atoms with E-state index in [1.165, 1.54) is 0 Å². The summed E-state index contributed by atoms with van der Waals surface area (Å²) in [5, 5.41) is 3.36. The van der Waals surface area contributed by atoms with Gasteiger partial charge in [-0.1, -0.05) is 19.4 Å². The second-order valence-corrected chi connectivity index (χ2v) is 4.35. The van der Waals surface area contributed by atoms with Crippen molar-refractivity contribution in [3.8, 4) is 0 Å². The Morgan fingerprint density at radius 1 is 1.33 bits per heavy atom. The lowest BCUT2D eigenvalue weighted by molar-refractivity contribution is 0.660. The molecule has 0 saturated carbocycles. The van der Waals surface area contributed by atoms with Gasteiger partial charge in [0.1, 0.15) is 5.82 Å². The standard InChI is InChI=1S/C14H20N4/c1-2-5-13-6-3-7-14(17-13)16-8-4-10-18-11-9-15-12-18/h3,6-7,9,11-12H,2,4-5,8,10H2,1H3,(H,16,17). The normalized spacial score (nSPS) is 10.5. The first kappa shape index (κ1) is 12.6. The molecule has 2 rings (SSSR count). The van der Waals surface area contributed by atoms with Gasteiger partial charge < -0.3 is 9.88 Å². The van der Waals surface area contributed by atoms with Crippen LogP contribution in [0.25, 0.3) is 0 Å². The number of aromatic nitrogens is 3. The lowest BCUT2D eigenvalue weighted by atomic mass is 10.2. The zero-order chi connectivity index (χ0) is 12.6. The molecule has 1 N–H and O–H groups in total. The molecule has 0 radical (unpaired) electrons. The van der Waals surface area contributed by atoms with Crippen LogP contribution in [-0.2, 0) is 13.0 Å². The number of anilines is 1. The van der Waals surface area contributed by atoms with Crippen molar-refractivity contribution in [3.63, 3.8) is 0 Å². The van der Waals surface area contributed by atoms with Crippen LogP contribution in [0.3, 0.4) is 0 Å². The van der Waals surface area contributed by atoms with Crippen molar-refractivity contribution in [2.45, 2.75) is 32.7 Å². The summed E-state index contributed by atoms with van der Waals surface area (Å²) in [6.07, 6.45) is 8.89. The fraction of sp³-hybridized carbons (Fsp3) is 0.429. The fourth-order valence-corrected chi connectivity index (χ4v) is 1.87. The van der Waals surface area contributed by atoms with Crippen molar-refractivity contribution in [2.75, 3.05) is 11.9 Å². The Kier molecular flexibility index (Phi) is 4.76. The van der Waals surface area contributed by atoms with Crippen molar-refractivity contribution >= 4 is 5.82 Å². The molecule has 0 aliphatic carbocycles. The monoisotopic (exact) mass is 244 g/mol. The molecule has 2 heterocycles. The second-order valence-electron chi connectivity index (χ2n) is 4.35. The van der Waals surface area contributed by atoms with Crippen molar-refractivity contribution in [1.29, 1.82) is 0 Å². The summed E-state index contributed by atoms with van der Waals surface area (Å²) in [4.78, 5) is 8.59. The van der Waals surface area contributed by atoms with E-state index in [4.69, 9.17) is 0 Å². The average molecular weight is 244 g/mol. The molecule has 96 valence electrons. The van der Waals surface area contributed by atoms with Crippen molar-refractivity contribution in [1.82, 2.24) is 14.5 Å². The molecule has 0 spiro atoms. The van der Waals surface area contributed by atoms with Crippen molar-refractivity contribution in [2.24, 2.45) is 0 Å². The van der Waals surface area contributed by atoms with E-state index in [0.29, 0.717) is 0 Å². The van der Waals surface area contributed by atoms with E-state index in [0.717, 1.165) is 43.9 Å². The summed E-state index contributed by atoms with van der Waals surface area (Å²) in [6.45, 7) is 4.09. The van der Waals surface area contributed by atoms with E-state index < -0.39 is 0 Å². The highest BCUT2D eigenvalue weighted by molar-refractivity contribution is 5.35. The molecule has 0 atom stereocenters. The van der Waals surface area contributed by atoms with Gasteiger partial charge in [-0.2, -0.15) is 0 Å². The number of hydrogen-bond donors (Lipinski definition) is 1. The molecular weight excluding hydrogens is 224 g/mol. The summed E-state index contributed by atoms with van der Waals surface area (Å²) < 4.78 is 2.09. The highest BCUT2D eigenvalue weighted by Crippen LogP contribution is 2.06. The van der Waals surface area contributed by atoms with Crippen LogP contribution in [0.2, 0.25) is 0 Å². The van der Waals surface area contributed by atoms with Crippen LogP contribution in [-0.4, -0.2) is 21.1 Å². The summed E-state index contributed by atoms with van der Waals surface area (Å²) >= 11 is 0. The van der Waals surface area contributed by atoms with Crippen LogP contribution >= 0.6 is 0 Å². The number of rotatable bonds is 7. The van der Waals surface area contributed by atoms with Gasteiger partial charge in [0.25, 0.3) is 0 Å². The van der Waals surface area contributed by atoms with Gasteiger partial charge in [0.05, 0.1) is 6.33 Å². The first-order chi connectivity index (χ1) is 8.88. The average Bonchev–Trinajstić information content (AvgIpc) is 2.89. The van der Waals surface area contributed by atoms with E-state index >= 15 is 0 Å². The predicted octanol–water partition coefficient (Wildman–Crippen LogP) is 2.73. The lowest BCUT2D eigenvalue weighted by Crippen LogP contribution is -2.07. The van der Waals surface area contributed by atoms with Crippen LogP contribution in [0.5, 0.6) is 0 Å². The highest BCUT2D eigenvalue weighted by Gasteiger charge is 1.96. The molecule has 2 aromatic rings. The Morgan fingerprint density at radius 2 is 2.28 bits per heavy atom. The molecule has 0 aliphatic rings. The molecule has 2 aromatic heterocycles. The first-order valence-corrected chi connectivity index (χ1v) is 6.54. The molecule has 0 bridgehead atoms. The lowest BCUT2D eigenvalue weighted by Gasteiger charge is -2.07. The maximum Gasteiger partial charge on any atom is 0.126 e. The number of nitrogens with one attached hydrogen (secondary N) is 1. The van der Waals surface area contributed by atoms with E-state index in [9.17, 15) is 0 Å². The van der Waals surface area contributed by atoms with Crippen molar-refractivity contribution in [3.05, 3.63) is 42.6 Å². The first-order valence-electron chi connectivity index (χ1n) is 6.54. The SMILES string of the molecule is CCCc1cccc(NCCCn2ccnc2)n1. The largest absolute Gasteiger partial charge is 0.370 e. The van der Waals surface area contributed by atoms with Gasteiger partial charge in [-0.3, -0.25) is 0 Å². The van der Waals surface area contributed by atoms with E-state index in [2.05, 4.69) is 38.9 Å². The second kappa shape index (κ2) is 6.79. The highest BCUT2D eigenvalue weighted by atomic mass is 15.0. The van der Waals surface area contributed by atoms with Gasteiger partial charge in [-0.05, 0) is 25.0 Å². The molecule has 18 heavy (non-hydrogen) atoms. The summed E-state index contributed by atoms with van der Waals surface area (Å²) in [6, 6.07) is 6.17. The number of nitrogens with zero attached hydrogens (tertiary/aromatic N) is 3. The molecule has 0 saturated heterocycles. The molecular formula is C14H20N4. The number of pyridine rings is 1. The van der Waals surface area contributed by atoms with Gasteiger partial charge in [0.15, 0.2) is 0 Å². The van der Waals surface area contributed by atoms with Gasteiger partial charge in [0, 0.05) is 31.2 Å². The van der Waals surface area contributed by atoms with E-state index in [-0.39, 0.29) is 0 Å². The number of aryl methyl sites for hydroxylation is 2. The van der Waals surface area contributed by atoms with Gasteiger partial charge >= 0.3 is 0 Å². The van der Waals surface area contributed by atoms with Crippen LogP contribution in [0.15, 0.2) is 36.9 Å². The number of hydrogen-bond acceptors (Lipinski definition) is 3. The Hall–Kier alpha value is -1.84. The Labute approximate surface area is 108 Å². The predicted molar refractivity (Wildman–Crippen MR) is 73.6 cm³/mol. The Balaban J connectivity index is 1.74. The molecule has 0 unspecified atom stereocenters. The topological polar surface area (TPSA) is 42.7 Å². The third-order valence-corrected chi connectivity index (χ3v) is 2.77. The van der Waals surface area contributed by atoms with Crippen molar-refractivity contribution < 1.29 is 0 Å². The molecule has 0 fully saturated rings. The minimum absolute atomic E-state index is 0.931. The van der Waals surface area contributed by atoms with Crippen LogP contribution < -0.4 is 5.32 Å².